The average Bonchev–Trinajstić information content (AvgIpc) is 3.05. The number of pyridine rings is 1. The van der Waals surface area contributed by atoms with Crippen LogP contribution in [0.5, 0.6) is 0 Å². The van der Waals surface area contributed by atoms with Crippen LogP contribution in [0.25, 0.3) is 5.65 Å². The molecule has 0 aromatic carbocycles. The smallest absolute Gasteiger partial charge is 0.191 e. The Balaban J connectivity index is 0.00000243. The SMILES string of the molecule is CCNC(=NCCc1nnc2ccccn12)NC1CCCC(SC)C1.I. The standard InChI is InChI=1S/C18H28N6S.HI/c1-3-19-18(21-14-7-6-8-15(13-14)25-2)20-11-10-17-23-22-16-9-4-5-12-24(16)17;/h4-5,9,12,14-15H,3,6-8,10-11,13H2,1-2H3,(H2,19,20,21);1H. The van der Waals surface area contributed by atoms with E-state index in [0.29, 0.717) is 12.6 Å². The Labute approximate surface area is 177 Å². The van der Waals surface area contributed by atoms with E-state index in [-0.39, 0.29) is 24.0 Å². The van der Waals surface area contributed by atoms with Gasteiger partial charge in [0, 0.05) is 37.0 Å². The van der Waals surface area contributed by atoms with Crippen LogP contribution in [0.15, 0.2) is 29.4 Å². The zero-order valence-electron chi connectivity index (χ0n) is 15.5. The first-order chi connectivity index (χ1) is 12.3. The van der Waals surface area contributed by atoms with E-state index in [1.807, 2.05) is 40.6 Å². The maximum Gasteiger partial charge on any atom is 0.191 e. The maximum absolute atomic E-state index is 4.75. The molecule has 1 fully saturated rings. The van der Waals surface area contributed by atoms with E-state index in [9.17, 15) is 0 Å². The van der Waals surface area contributed by atoms with E-state index in [0.717, 1.165) is 35.6 Å². The van der Waals surface area contributed by atoms with E-state index in [4.69, 9.17) is 4.99 Å². The third-order valence-electron chi connectivity index (χ3n) is 4.63. The lowest BCUT2D eigenvalue weighted by Gasteiger charge is -2.29. The number of guanidine groups is 1. The number of hydrogen-bond donors (Lipinski definition) is 2. The summed E-state index contributed by atoms with van der Waals surface area (Å²) < 4.78 is 2.03. The van der Waals surface area contributed by atoms with E-state index >= 15 is 0 Å². The van der Waals surface area contributed by atoms with Crippen molar-refractivity contribution in [3.8, 4) is 0 Å². The Morgan fingerprint density at radius 2 is 2.23 bits per heavy atom. The Bertz CT molecular complexity index is 704. The Morgan fingerprint density at radius 3 is 3.04 bits per heavy atom. The van der Waals surface area contributed by atoms with Crippen molar-refractivity contribution in [3.63, 3.8) is 0 Å². The van der Waals surface area contributed by atoms with Gasteiger partial charge in [-0.05, 0) is 44.6 Å². The summed E-state index contributed by atoms with van der Waals surface area (Å²) >= 11 is 1.99. The molecule has 0 radical (unpaired) electrons. The molecule has 1 aliphatic carbocycles. The molecule has 0 saturated heterocycles. The summed E-state index contributed by atoms with van der Waals surface area (Å²) in [4.78, 5) is 4.75. The highest BCUT2D eigenvalue weighted by atomic mass is 127. The highest BCUT2D eigenvalue weighted by molar-refractivity contribution is 14.0. The molecule has 1 saturated carbocycles. The number of aromatic nitrogens is 3. The van der Waals surface area contributed by atoms with Gasteiger partial charge < -0.3 is 10.6 Å². The van der Waals surface area contributed by atoms with E-state index < -0.39 is 0 Å². The van der Waals surface area contributed by atoms with E-state index in [1.165, 1.54) is 25.7 Å². The van der Waals surface area contributed by atoms with Gasteiger partial charge in [-0.3, -0.25) is 9.39 Å². The minimum Gasteiger partial charge on any atom is -0.357 e. The van der Waals surface area contributed by atoms with Crippen molar-refractivity contribution in [2.45, 2.75) is 50.3 Å². The molecule has 1 aliphatic rings. The highest BCUT2D eigenvalue weighted by Crippen LogP contribution is 2.26. The third kappa shape index (κ3) is 5.73. The highest BCUT2D eigenvalue weighted by Gasteiger charge is 2.21. The van der Waals surface area contributed by atoms with Gasteiger partial charge >= 0.3 is 0 Å². The lowest BCUT2D eigenvalue weighted by atomic mass is 9.95. The van der Waals surface area contributed by atoms with Crippen molar-refractivity contribution in [1.29, 1.82) is 0 Å². The fourth-order valence-corrected chi connectivity index (χ4v) is 4.16. The normalized spacial score (nSPS) is 20.6. The van der Waals surface area contributed by atoms with Crippen LogP contribution in [0.2, 0.25) is 0 Å². The van der Waals surface area contributed by atoms with Crippen LogP contribution in [0.3, 0.4) is 0 Å². The van der Waals surface area contributed by atoms with Gasteiger partial charge in [0.1, 0.15) is 5.82 Å². The van der Waals surface area contributed by atoms with Crippen LogP contribution < -0.4 is 10.6 Å². The molecule has 2 atom stereocenters. The summed E-state index contributed by atoms with van der Waals surface area (Å²) in [6, 6.07) is 6.47. The molecule has 144 valence electrons. The van der Waals surface area contributed by atoms with Crippen LogP contribution in [0, 0.1) is 0 Å². The number of nitrogens with zero attached hydrogens (tertiary/aromatic N) is 4. The number of aliphatic imine (C=N–C) groups is 1. The van der Waals surface area contributed by atoms with Crippen molar-refractivity contribution in [2.24, 2.45) is 4.99 Å². The first-order valence-electron chi connectivity index (χ1n) is 9.16. The quantitative estimate of drug-likeness (QED) is 0.372. The molecule has 0 bridgehead atoms. The molecule has 8 heteroatoms. The van der Waals surface area contributed by atoms with Gasteiger partial charge in [-0.15, -0.1) is 34.2 Å². The maximum atomic E-state index is 4.75. The summed E-state index contributed by atoms with van der Waals surface area (Å²) in [5, 5.41) is 16.2. The summed E-state index contributed by atoms with van der Waals surface area (Å²) in [6.45, 7) is 3.68. The molecule has 0 spiro atoms. The second-order valence-corrected chi connectivity index (χ2v) is 7.56. The molecule has 26 heavy (non-hydrogen) atoms. The molecular formula is C18H29IN6S. The zero-order valence-corrected chi connectivity index (χ0v) is 18.7. The monoisotopic (exact) mass is 488 g/mol. The summed E-state index contributed by atoms with van der Waals surface area (Å²) in [5.74, 6) is 1.87. The second-order valence-electron chi connectivity index (χ2n) is 6.42. The molecule has 0 aliphatic heterocycles. The molecule has 2 aromatic rings. The van der Waals surface area contributed by atoms with Crippen LogP contribution in [-0.4, -0.2) is 51.2 Å². The van der Waals surface area contributed by atoms with Crippen molar-refractivity contribution in [1.82, 2.24) is 25.2 Å². The van der Waals surface area contributed by atoms with E-state index in [2.05, 4.69) is 34.0 Å². The number of halogens is 1. The first-order valence-corrected chi connectivity index (χ1v) is 10.4. The first kappa shape index (κ1) is 21.3. The molecule has 2 heterocycles. The second kappa shape index (κ2) is 11.0. The van der Waals surface area contributed by atoms with Crippen molar-refractivity contribution in [2.75, 3.05) is 19.3 Å². The van der Waals surface area contributed by atoms with E-state index in [1.54, 1.807) is 0 Å². The predicted molar refractivity (Wildman–Crippen MR) is 121 cm³/mol. The zero-order chi connectivity index (χ0) is 17.5. The van der Waals surface area contributed by atoms with Crippen LogP contribution in [-0.2, 0) is 6.42 Å². The van der Waals surface area contributed by atoms with Crippen LogP contribution >= 0.6 is 35.7 Å². The van der Waals surface area contributed by atoms with Gasteiger partial charge in [0.25, 0.3) is 0 Å². The number of thioether (sulfide) groups is 1. The largest absolute Gasteiger partial charge is 0.357 e. The minimum absolute atomic E-state index is 0. The van der Waals surface area contributed by atoms with Crippen LogP contribution in [0.1, 0.15) is 38.4 Å². The summed E-state index contributed by atoms with van der Waals surface area (Å²) in [7, 11) is 0. The van der Waals surface area contributed by atoms with Gasteiger partial charge in [0.05, 0.1) is 0 Å². The topological polar surface area (TPSA) is 66.6 Å². The Kier molecular flexibility index (Phi) is 8.97. The number of fused-ring (bicyclic) bond motifs is 1. The molecule has 2 unspecified atom stereocenters. The Hall–Kier alpha value is -1.03. The number of nitrogens with one attached hydrogen (secondary N) is 2. The van der Waals surface area contributed by atoms with Crippen LogP contribution in [0.4, 0.5) is 0 Å². The fraction of sp³-hybridized carbons (Fsp3) is 0.611. The van der Waals surface area contributed by atoms with Crippen molar-refractivity contribution >= 4 is 47.3 Å². The lowest BCUT2D eigenvalue weighted by molar-refractivity contribution is 0.419. The lowest BCUT2D eigenvalue weighted by Crippen LogP contribution is -2.45. The van der Waals surface area contributed by atoms with Gasteiger partial charge in [0.2, 0.25) is 0 Å². The average molecular weight is 488 g/mol. The molecule has 0 amide bonds. The fourth-order valence-electron chi connectivity index (χ4n) is 3.33. The van der Waals surface area contributed by atoms with Gasteiger partial charge in [-0.2, -0.15) is 11.8 Å². The minimum atomic E-state index is 0. The summed E-state index contributed by atoms with van der Waals surface area (Å²) in [6.07, 6.45) is 10.1. The van der Waals surface area contributed by atoms with Crippen molar-refractivity contribution in [3.05, 3.63) is 30.2 Å². The number of hydrogen-bond acceptors (Lipinski definition) is 4. The molecular weight excluding hydrogens is 459 g/mol. The molecule has 2 aromatic heterocycles. The molecule has 6 nitrogen and oxygen atoms in total. The van der Waals surface area contributed by atoms with Gasteiger partial charge in [-0.25, -0.2) is 0 Å². The molecule has 3 rings (SSSR count). The summed E-state index contributed by atoms with van der Waals surface area (Å²) in [5.41, 5.74) is 0.886. The van der Waals surface area contributed by atoms with Gasteiger partial charge in [0.15, 0.2) is 11.6 Å². The predicted octanol–water partition coefficient (Wildman–Crippen LogP) is 3.12. The number of rotatable bonds is 6. The Morgan fingerprint density at radius 1 is 1.35 bits per heavy atom. The third-order valence-corrected chi connectivity index (χ3v) is 5.73. The molecule has 2 N–H and O–H groups in total. The van der Waals surface area contributed by atoms with Gasteiger partial charge in [-0.1, -0.05) is 12.5 Å². The van der Waals surface area contributed by atoms with Crippen molar-refractivity contribution < 1.29 is 0 Å².